The summed E-state index contributed by atoms with van der Waals surface area (Å²) in [6.45, 7) is 2.13. The van der Waals surface area contributed by atoms with Crippen molar-refractivity contribution in [1.82, 2.24) is 4.98 Å². The molecule has 1 atom stereocenters. The Morgan fingerprint density at radius 3 is 3.07 bits per heavy atom. The molecule has 1 aromatic heterocycles. The molecule has 15 heavy (non-hydrogen) atoms. The first kappa shape index (κ1) is 10.4. The van der Waals surface area contributed by atoms with Gasteiger partial charge in [-0.05, 0) is 36.8 Å². The lowest BCUT2D eigenvalue weighted by molar-refractivity contribution is 0.0695. The summed E-state index contributed by atoms with van der Waals surface area (Å²) in [5, 5.41) is 9.34. The van der Waals surface area contributed by atoms with Crippen LogP contribution in [0.4, 0.5) is 0 Å². The van der Waals surface area contributed by atoms with E-state index in [2.05, 4.69) is 11.9 Å². The Hall–Kier alpha value is -1.09. The average molecular weight is 226 g/mol. The van der Waals surface area contributed by atoms with Gasteiger partial charge in [-0.25, -0.2) is 9.78 Å². The molecule has 0 aliphatic heterocycles. The molecule has 80 valence electrons. The van der Waals surface area contributed by atoms with Crippen LogP contribution in [0.15, 0.2) is 6.07 Å². The van der Waals surface area contributed by atoms with E-state index in [1.165, 1.54) is 6.07 Å². The normalized spacial score (nSPS) is 19.7. The number of rotatable bonds is 1. The number of aromatic nitrogens is 1. The van der Waals surface area contributed by atoms with E-state index in [0.717, 1.165) is 30.5 Å². The van der Waals surface area contributed by atoms with Gasteiger partial charge in [0.25, 0.3) is 0 Å². The van der Waals surface area contributed by atoms with E-state index >= 15 is 0 Å². The fraction of sp³-hybridized carbons (Fsp3) is 0.455. The number of pyridine rings is 1. The van der Waals surface area contributed by atoms with Crippen molar-refractivity contribution in [1.29, 1.82) is 0 Å². The number of carboxylic acids is 1. The lowest BCUT2D eigenvalue weighted by atomic mass is 9.85. The van der Waals surface area contributed by atoms with E-state index < -0.39 is 5.97 Å². The van der Waals surface area contributed by atoms with Gasteiger partial charge in [0.05, 0.1) is 5.56 Å². The molecule has 0 saturated carbocycles. The standard InChI is InChI=1S/C11H12ClNO2/c1-6-2-3-9-7(4-6)8(11(14)15)5-10(12)13-9/h5-6H,2-4H2,1H3,(H,14,15). The molecule has 0 bridgehead atoms. The molecule has 2 rings (SSSR count). The van der Waals surface area contributed by atoms with Crippen LogP contribution < -0.4 is 0 Å². The van der Waals surface area contributed by atoms with Crippen LogP contribution in [0.3, 0.4) is 0 Å². The summed E-state index contributed by atoms with van der Waals surface area (Å²) in [4.78, 5) is 15.2. The Kier molecular flexibility index (Phi) is 2.65. The fourth-order valence-corrected chi connectivity index (χ4v) is 2.26. The topological polar surface area (TPSA) is 50.2 Å². The quantitative estimate of drug-likeness (QED) is 0.748. The maximum absolute atomic E-state index is 11.0. The maximum Gasteiger partial charge on any atom is 0.336 e. The van der Waals surface area contributed by atoms with Crippen LogP contribution >= 0.6 is 11.6 Å². The first-order valence-electron chi connectivity index (χ1n) is 4.99. The molecule has 0 radical (unpaired) electrons. The summed E-state index contributed by atoms with van der Waals surface area (Å²) >= 11 is 5.79. The summed E-state index contributed by atoms with van der Waals surface area (Å²) in [6, 6.07) is 1.45. The number of carbonyl (C=O) groups is 1. The van der Waals surface area contributed by atoms with E-state index in [1.54, 1.807) is 0 Å². The van der Waals surface area contributed by atoms with Gasteiger partial charge in [0.1, 0.15) is 5.15 Å². The number of carboxylic acid groups (broad SMARTS) is 1. The smallest absolute Gasteiger partial charge is 0.336 e. The molecule has 0 fully saturated rings. The Balaban J connectivity index is 2.55. The molecule has 3 nitrogen and oxygen atoms in total. The average Bonchev–Trinajstić information content (AvgIpc) is 2.17. The SMILES string of the molecule is CC1CCc2nc(Cl)cc(C(=O)O)c2C1. The zero-order chi connectivity index (χ0) is 11.0. The number of hydrogen-bond donors (Lipinski definition) is 1. The number of hydrogen-bond acceptors (Lipinski definition) is 2. The predicted octanol–water partition coefficient (Wildman–Crippen LogP) is 2.56. The van der Waals surface area contributed by atoms with Crippen LogP contribution in [-0.2, 0) is 12.8 Å². The molecule has 1 aromatic rings. The van der Waals surface area contributed by atoms with Crippen molar-refractivity contribution in [2.24, 2.45) is 5.92 Å². The number of halogens is 1. The zero-order valence-electron chi connectivity index (χ0n) is 8.46. The van der Waals surface area contributed by atoms with E-state index in [9.17, 15) is 4.79 Å². The molecule has 1 aliphatic rings. The van der Waals surface area contributed by atoms with E-state index in [4.69, 9.17) is 16.7 Å². The monoisotopic (exact) mass is 225 g/mol. The van der Waals surface area contributed by atoms with Gasteiger partial charge < -0.3 is 5.11 Å². The lowest BCUT2D eigenvalue weighted by Crippen LogP contribution is -2.17. The Labute approximate surface area is 93.1 Å². The van der Waals surface area contributed by atoms with Crippen molar-refractivity contribution < 1.29 is 9.90 Å². The minimum atomic E-state index is -0.912. The number of fused-ring (bicyclic) bond motifs is 1. The van der Waals surface area contributed by atoms with Crippen molar-refractivity contribution >= 4 is 17.6 Å². The first-order valence-corrected chi connectivity index (χ1v) is 5.37. The van der Waals surface area contributed by atoms with Crippen molar-refractivity contribution in [3.63, 3.8) is 0 Å². The van der Waals surface area contributed by atoms with Crippen LogP contribution in [-0.4, -0.2) is 16.1 Å². The third-order valence-electron chi connectivity index (χ3n) is 2.84. The summed E-state index contributed by atoms with van der Waals surface area (Å²) in [6.07, 6.45) is 2.68. The highest BCUT2D eigenvalue weighted by molar-refractivity contribution is 6.29. The van der Waals surface area contributed by atoms with Gasteiger partial charge in [0.15, 0.2) is 0 Å². The van der Waals surface area contributed by atoms with Crippen LogP contribution in [0.5, 0.6) is 0 Å². The highest BCUT2D eigenvalue weighted by Crippen LogP contribution is 2.28. The van der Waals surface area contributed by atoms with Gasteiger partial charge >= 0.3 is 5.97 Å². The van der Waals surface area contributed by atoms with Gasteiger partial charge in [-0.3, -0.25) is 0 Å². The molecule has 4 heteroatoms. The number of aromatic carboxylic acids is 1. The van der Waals surface area contributed by atoms with Crippen molar-refractivity contribution in [2.45, 2.75) is 26.2 Å². The Bertz CT molecular complexity index is 417. The molecular weight excluding hydrogens is 214 g/mol. The molecule has 1 N–H and O–H groups in total. The molecule has 1 aliphatic carbocycles. The van der Waals surface area contributed by atoms with Gasteiger partial charge in [0.2, 0.25) is 0 Å². The lowest BCUT2D eigenvalue weighted by Gasteiger charge is -2.22. The van der Waals surface area contributed by atoms with Gasteiger partial charge in [-0.2, -0.15) is 0 Å². The summed E-state index contributed by atoms with van der Waals surface area (Å²) in [5.74, 6) is -0.386. The van der Waals surface area contributed by atoms with Gasteiger partial charge in [-0.1, -0.05) is 18.5 Å². The fourth-order valence-electron chi connectivity index (χ4n) is 2.05. The molecule has 0 amide bonds. The van der Waals surface area contributed by atoms with E-state index in [0.29, 0.717) is 11.5 Å². The minimum Gasteiger partial charge on any atom is -0.478 e. The summed E-state index contributed by atoms with van der Waals surface area (Å²) < 4.78 is 0. The third kappa shape index (κ3) is 1.97. The molecule has 0 aromatic carbocycles. The van der Waals surface area contributed by atoms with E-state index in [1.807, 2.05) is 0 Å². The number of aryl methyl sites for hydroxylation is 1. The third-order valence-corrected chi connectivity index (χ3v) is 3.03. The minimum absolute atomic E-state index is 0.278. The van der Waals surface area contributed by atoms with Crippen LogP contribution in [0.25, 0.3) is 0 Å². The maximum atomic E-state index is 11.0. The molecule has 1 unspecified atom stereocenters. The van der Waals surface area contributed by atoms with Crippen LogP contribution in [0, 0.1) is 5.92 Å². The number of nitrogens with zero attached hydrogens (tertiary/aromatic N) is 1. The summed E-state index contributed by atoms with van der Waals surface area (Å²) in [7, 11) is 0. The Morgan fingerprint density at radius 2 is 2.40 bits per heavy atom. The highest BCUT2D eigenvalue weighted by atomic mass is 35.5. The molecule has 0 saturated heterocycles. The van der Waals surface area contributed by atoms with Crippen molar-refractivity contribution in [3.05, 3.63) is 28.0 Å². The van der Waals surface area contributed by atoms with Crippen molar-refractivity contribution in [3.8, 4) is 0 Å². The molecule has 0 spiro atoms. The highest BCUT2D eigenvalue weighted by Gasteiger charge is 2.22. The van der Waals surface area contributed by atoms with Crippen molar-refractivity contribution in [2.75, 3.05) is 0 Å². The summed E-state index contributed by atoms with van der Waals surface area (Å²) in [5.41, 5.74) is 2.04. The second kappa shape index (κ2) is 3.81. The van der Waals surface area contributed by atoms with Gasteiger partial charge in [0, 0.05) is 5.69 Å². The van der Waals surface area contributed by atoms with E-state index in [-0.39, 0.29) is 5.15 Å². The zero-order valence-corrected chi connectivity index (χ0v) is 9.21. The largest absolute Gasteiger partial charge is 0.478 e. The first-order chi connectivity index (χ1) is 7.08. The molecule has 1 heterocycles. The molecular formula is C11H12ClNO2. The predicted molar refractivity (Wildman–Crippen MR) is 57.4 cm³/mol. The Morgan fingerprint density at radius 1 is 1.67 bits per heavy atom. The van der Waals surface area contributed by atoms with Crippen LogP contribution in [0.2, 0.25) is 5.15 Å². The van der Waals surface area contributed by atoms with Crippen LogP contribution in [0.1, 0.15) is 35.0 Å². The van der Waals surface area contributed by atoms with Gasteiger partial charge in [-0.15, -0.1) is 0 Å². The second-order valence-corrected chi connectivity index (χ2v) is 4.46. The second-order valence-electron chi connectivity index (χ2n) is 4.07.